The van der Waals surface area contributed by atoms with Crippen LogP contribution in [0.5, 0.6) is 0 Å². The molecule has 0 unspecified atom stereocenters. The van der Waals surface area contributed by atoms with Gasteiger partial charge in [-0.1, -0.05) is 36.4 Å². The number of ether oxygens (including phenoxy) is 1. The monoisotopic (exact) mass is 440 g/mol. The molecule has 3 heterocycles. The van der Waals surface area contributed by atoms with Gasteiger partial charge in [-0.2, -0.15) is 10.2 Å². The highest BCUT2D eigenvalue weighted by Crippen LogP contribution is 2.30. The van der Waals surface area contributed by atoms with Gasteiger partial charge in [0, 0.05) is 11.3 Å². The summed E-state index contributed by atoms with van der Waals surface area (Å²) in [6.07, 6.45) is 7.08. The van der Waals surface area contributed by atoms with Crippen molar-refractivity contribution in [2.75, 3.05) is 6.61 Å². The summed E-state index contributed by atoms with van der Waals surface area (Å²) in [4.78, 5) is 12.2. The first-order valence-corrected chi connectivity index (χ1v) is 11.6. The first-order valence-electron chi connectivity index (χ1n) is 11.6. The summed E-state index contributed by atoms with van der Waals surface area (Å²) in [5.74, 6) is -0.393. The van der Waals surface area contributed by atoms with Crippen LogP contribution in [-0.4, -0.2) is 32.0 Å². The van der Waals surface area contributed by atoms with E-state index in [1.807, 2.05) is 34.3 Å². The van der Waals surface area contributed by atoms with E-state index in [-0.39, 0.29) is 0 Å². The molecule has 6 heteroatoms. The molecule has 168 valence electrons. The zero-order chi connectivity index (χ0) is 22.8. The zero-order valence-electron chi connectivity index (χ0n) is 19.1. The van der Waals surface area contributed by atoms with Gasteiger partial charge in [-0.05, 0) is 74.9 Å². The molecule has 0 N–H and O–H groups in total. The number of nitrogens with zero attached hydrogens (tertiary/aromatic N) is 4. The fraction of sp³-hybridized carbons (Fsp3) is 0.296. The minimum Gasteiger partial charge on any atom is -0.461 e. The molecule has 0 saturated carbocycles. The third-order valence-corrected chi connectivity index (χ3v) is 6.14. The maximum atomic E-state index is 12.2. The topological polar surface area (TPSA) is 61.4 Å². The van der Waals surface area contributed by atoms with Crippen LogP contribution in [0.4, 0.5) is 0 Å². The second-order valence-corrected chi connectivity index (χ2v) is 8.49. The van der Waals surface area contributed by atoms with Crippen molar-refractivity contribution < 1.29 is 9.53 Å². The smallest absolute Gasteiger partial charge is 0.358 e. The molecule has 0 fully saturated rings. The van der Waals surface area contributed by atoms with Gasteiger partial charge in [0.25, 0.3) is 0 Å². The molecule has 0 amide bonds. The van der Waals surface area contributed by atoms with Crippen LogP contribution in [0.15, 0.2) is 60.7 Å². The minimum absolute atomic E-state index is 0.331. The Balaban J connectivity index is 1.59. The lowest BCUT2D eigenvalue weighted by atomic mass is 9.93. The number of benzene rings is 1. The molecule has 0 radical (unpaired) electrons. The van der Waals surface area contributed by atoms with Crippen LogP contribution in [0.3, 0.4) is 0 Å². The van der Waals surface area contributed by atoms with Crippen LogP contribution >= 0.6 is 0 Å². The van der Waals surface area contributed by atoms with Gasteiger partial charge in [-0.25, -0.2) is 9.31 Å². The zero-order valence-corrected chi connectivity index (χ0v) is 19.1. The fourth-order valence-electron chi connectivity index (χ4n) is 4.45. The number of fused-ring (bicyclic) bond motifs is 1. The van der Waals surface area contributed by atoms with E-state index in [1.54, 1.807) is 13.0 Å². The lowest BCUT2D eigenvalue weighted by Crippen LogP contribution is -2.11. The Morgan fingerprint density at radius 1 is 1.03 bits per heavy atom. The van der Waals surface area contributed by atoms with Gasteiger partial charge in [-0.3, -0.25) is 4.68 Å². The van der Waals surface area contributed by atoms with E-state index in [2.05, 4.69) is 41.5 Å². The molecular weight excluding hydrogens is 412 g/mol. The maximum absolute atomic E-state index is 12.2. The molecule has 0 spiro atoms. The van der Waals surface area contributed by atoms with E-state index in [1.165, 1.54) is 24.0 Å². The second-order valence-electron chi connectivity index (χ2n) is 8.49. The normalized spacial score (nSPS) is 13.8. The van der Waals surface area contributed by atoms with Crippen molar-refractivity contribution in [1.29, 1.82) is 0 Å². The lowest BCUT2D eigenvalue weighted by molar-refractivity contribution is 0.0518. The number of hydrogen-bond acceptors (Lipinski definition) is 4. The highest BCUT2D eigenvalue weighted by molar-refractivity contribution is 5.87. The van der Waals surface area contributed by atoms with Crippen molar-refractivity contribution in [3.05, 3.63) is 83.3 Å². The number of esters is 1. The molecule has 1 aliphatic rings. The Labute approximate surface area is 193 Å². The van der Waals surface area contributed by atoms with Gasteiger partial charge in [0.15, 0.2) is 5.69 Å². The Morgan fingerprint density at radius 3 is 2.64 bits per heavy atom. The summed E-state index contributed by atoms with van der Waals surface area (Å²) < 4.78 is 8.98. The van der Waals surface area contributed by atoms with Crippen molar-refractivity contribution in [2.24, 2.45) is 0 Å². The molecule has 0 saturated heterocycles. The number of rotatable bonds is 6. The second kappa shape index (κ2) is 9.06. The number of allylic oxidation sites excluding steroid dienone is 2. The Hall–Kier alpha value is -3.67. The molecular formula is C27H28N4O2. The van der Waals surface area contributed by atoms with Crippen LogP contribution < -0.4 is 0 Å². The third-order valence-electron chi connectivity index (χ3n) is 6.14. The van der Waals surface area contributed by atoms with E-state index in [9.17, 15) is 4.79 Å². The summed E-state index contributed by atoms with van der Waals surface area (Å²) in [6.45, 7) is 4.60. The number of hydrogen-bond donors (Lipinski definition) is 0. The number of pyridine rings is 1. The van der Waals surface area contributed by atoms with Gasteiger partial charge in [-0.15, -0.1) is 0 Å². The standard InChI is InChI=1S/C27H28N4O2/c1-3-33-27(32)26-14-19(2)30(28-26)18-24-16-22(20-10-6-4-7-11-20)15-23-17-25(29-31(23)24)21-12-8-5-9-13-21/h5,8-10,12-17H,3-4,6-7,11,18H2,1-2H3. The van der Waals surface area contributed by atoms with E-state index < -0.39 is 5.97 Å². The Morgan fingerprint density at radius 2 is 1.88 bits per heavy atom. The summed E-state index contributed by atoms with van der Waals surface area (Å²) in [7, 11) is 0. The van der Waals surface area contributed by atoms with Crippen molar-refractivity contribution in [3.8, 4) is 11.3 Å². The molecule has 1 aromatic carbocycles. The third kappa shape index (κ3) is 4.33. The molecule has 33 heavy (non-hydrogen) atoms. The molecule has 6 nitrogen and oxygen atoms in total. The van der Waals surface area contributed by atoms with Gasteiger partial charge in [0.1, 0.15) is 0 Å². The molecule has 5 rings (SSSR count). The molecule has 0 aliphatic heterocycles. The minimum atomic E-state index is -0.393. The highest BCUT2D eigenvalue weighted by Gasteiger charge is 2.17. The van der Waals surface area contributed by atoms with Crippen LogP contribution in [0, 0.1) is 6.92 Å². The highest BCUT2D eigenvalue weighted by atomic mass is 16.5. The van der Waals surface area contributed by atoms with Gasteiger partial charge >= 0.3 is 5.97 Å². The largest absolute Gasteiger partial charge is 0.461 e. The summed E-state index contributed by atoms with van der Waals surface area (Å²) in [6, 6.07) is 18.6. The molecule has 4 aromatic rings. The number of aromatic nitrogens is 4. The van der Waals surface area contributed by atoms with Crippen molar-refractivity contribution in [2.45, 2.75) is 46.1 Å². The predicted molar refractivity (Wildman–Crippen MR) is 129 cm³/mol. The van der Waals surface area contributed by atoms with Crippen LogP contribution in [-0.2, 0) is 11.3 Å². The van der Waals surface area contributed by atoms with Crippen LogP contribution in [0.2, 0.25) is 0 Å². The van der Waals surface area contributed by atoms with E-state index in [0.29, 0.717) is 18.8 Å². The van der Waals surface area contributed by atoms with Gasteiger partial charge in [0.05, 0.1) is 30.1 Å². The number of carbonyl (C=O) groups excluding carboxylic acids is 1. The quantitative estimate of drug-likeness (QED) is 0.362. The maximum Gasteiger partial charge on any atom is 0.358 e. The first-order chi connectivity index (χ1) is 16.1. The van der Waals surface area contributed by atoms with E-state index in [4.69, 9.17) is 9.84 Å². The van der Waals surface area contributed by atoms with E-state index in [0.717, 1.165) is 41.0 Å². The lowest BCUT2D eigenvalue weighted by Gasteiger charge is -2.15. The number of carbonyl (C=O) groups is 1. The van der Waals surface area contributed by atoms with E-state index >= 15 is 0 Å². The predicted octanol–water partition coefficient (Wildman–Crippen LogP) is 5.69. The SMILES string of the molecule is CCOC(=O)c1cc(C)n(Cc2cc(C3=CCCCC3)cc3cc(-c4ccccc4)nn23)n1. The summed E-state index contributed by atoms with van der Waals surface area (Å²) >= 11 is 0. The molecule has 3 aromatic heterocycles. The Bertz CT molecular complexity index is 1330. The Kier molecular flexibility index (Phi) is 5.82. The van der Waals surface area contributed by atoms with Crippen LogP contribution in [0.1, 0.15) is 60.0 Å². The van der Waals surface area contributed by atoms with Crippen molar-refractivity contribution in [3.63, 3.8) is 0 Å². The molecule has 1 aliphatic carbocycles. The summed E-state index contributed by atoms with van der Waals surface area (Å²) in [5, 5.41) is 9.45. The van der Waals surface area contributed by atoms with Gasteiger partial charge in [0.2, 0.25) is 0 Å². The molecule has 0 bridgehead atoms. The average molecular weight is 441 g/mol. The first kappa shape index (κ1) is 21.2. The van der Waals surface area contributed by atoms with Crippen molar-refractivity contribution in [1.82, 2.24) is 19.4 Å². The van der Waals surface area contributed by atoms with Gasteiger partial charge < -0.3 is 4.74 Å². The fourth-order valence-corrected chi connectivity index (χ4v) is 4.45. The average Bonchev–Trinajstić information content (AvgIpc) is 3.44. The number of aryl methyl sites for hydroxylation is 1. The molecule has 0 atom stereocenters. The van der Waals surface area contributed by atoms with Crippen LogP contribution in [0.25, 0.3) is 22.3 Å². The van der Waals surface area contributed by atoms with Crippen molar-refractivity contribution >= 4 is 17.1 Å². The summed E-state index contributed by atoms with van der Waals surface area (Å²) in [5.41, 5.74) is 8.00.